The summed E-state index contributed by atoms with van der Waals surface area (Å²) in [5.74, 6) is 0.806. The Labute approximate surface area is 163 Å². The Morgan fingerprint density at radius 2 is 1.93 bits per heavy atom. The molecule has 0 saturated carbocycles. The highest BCUT2D eigenvalue weighted by Crippen LogP contribution is 2.26. The topological polar surface area (TPSA) is 71.8 Å². The minimum atomic E-state index is -0.191. The zero-order chi connectivity index (χ0) is 19.2. The van der Waals surface area contributed by atoms with E-state index in [9.17, 15) is 9.59 Å². The van der Waals surface area contributed by atoms with E-state index in [1.807, 2.05) is 36.1 Å². The van der Waals surface area contributed by atoms with E-state index in [4.69, 9.17) is 9.15 Å². The number of amides is 2. The lowest BCUT2D eigenvalue weighted by atomic mass is 10.0. The van der Waals surface area contributed by atoms with Crippen LogP contribution < -0.4 is 10.1 Å². The number of furan rings is 1. The first-order valence-electron chi connectivity index (χ1n) is 8.99. The Morgan fingerprint density at radius 1 is 1.22 bits per heavy atom. The molecule has 6 nitrogen and oxygen atoms in total. The molecule has 27 heavy (non-hydrogen) atoms. The molecular weight excluding hydrogens is 364 g/mol. The van der Waals surface area contributed by atoms with Crippen molar-refractivity contribution in [1.29, 1.82) is 0 Å². The fourth-order valence-electron chi connectivity index (χ4n) is 3.03. The van der Waals surface area contributed by atoms with Crippen molar-refractivity contribution in [3.05, 3.63) is 48.4 Å². The van der Waals surface area contributed by atoms with Crippen molar-refractivity contribution in [2.45, 2.75) is 36.0 Å². The Morgan fingerprint density at radius 3 is 2.52 bits per heavy atom. The van der Waals surface area contributed by atoms with Gasteiger partial charge in [0, 0.05) is 24.0 Å². The standard InChI is InChI=1S/C20H24N2O4S/c1-14(27-18-5-3-17(25-2)4-6-18)19(23)21-16-7-10-22(11-8-16)20(24)15-9-12-26-13-15/h3-6,9,12-14,16H,7-8,10-11H2,1-2H3,(H,21,23)/t14-/m0/s1. The summed E-state index contributed by atoms with van der Waals surface area (Å²) in [6, 6.07) is 9.46. The summed E-state index contributed by atoms with van der Waals surface area (Å²) >= 11 is 1.52. The molecule has 1 aliphatic rings. The maximum Gasteiger partial charge on any atom is 0.257 e. The third-order valence-corrected chi connectivity index (χ3v) is 5.75. The van der Waals surface area contributed by atoms with Crippen LogP contribution in [-0.4, -0.2) is 48.2 Å². The minimum Gasteiger partial charge on any atom is -0.497 e. The minimum absolute atomic E-state index is 0.0167. The van der Waals surface area contributed by atoms with Crippen molar-refractivity contribution in [2.24, 2.45) is 0 Å². The SMILES string of the molecule is COc1ccc(S[C@@H](C)C(=O)NC2CCN(C(=O)c3ccoc3)CC2)cc1. The van der Waals surface area contributed by atoms with Gasteiger partial charge in [-0.15, -0.1) is 11.8 Å². The van der Waals surface area contributed by atoms with Crippen molar-refractivity contribution in [1.82, 2.24) is 10.2 Å². The quantitative estimate of drug-likeness (QED) is 0.770. The average molecular weight is 388 g/mol. The maximum atomic E-state index is 12.5. The van der Waals surface area contributed by atoms with E-state index >= 15 is 0 Å². The van der Waals surface area contributed by atoms with Gasteiger partial charge in [-0.05, 0) is 50.1 Å². The highest BCUT2D eigenvalue weighted by molar-refractivity contribution is 8.00. The molecular formula is C20H24N2O4S. The second-order valence-electron chi connectivity index (χ2n) is 6.52. The van der Waals surface area contributed by atoms with Crippen molar-refractivity contribution >= 4 is 23.6 Å². The first-order valence-corrected chi connectivity index (χ1v) is 9.87. The number of carbonyl (C=O) groups is 2. The Bertz CT molecular complexity index is 753. The highest BCUT2D eigenvalue weighted by Gasteiger charge is 2.26. The molecule has 2 heterocycles. The maximum absolute atomic E-state index is 12.5. The molecule has 1 atom stereocenters. The number of hydrogen-bond acceptors (Lipinski definition) is 5. The van der Waals surface area contributed by atoms with Crippen molar-refractivity contribution in [3.63, 3.8) is 0 Å². The predicted molar refractivity (Wildman–Crippen MR) is 104 cm³/mol. The fourth-order valence-corrected chi connectivity index (χ4v) is 3.90. The summed E-state index contributed by atoms with van der Waals surface area (Å²) < 4.78 is 10.1. The van der Waals surface area contributed by atoms with E-state index in [0.29, 0.717) is 18.7 Å². The smallest absolute Gasteiger partial charge is 0.257 e. The van der Waals surface area contributed by atoms with Crippen molar-refractivity contribution < 1.29 is 18.7 Å². The Balaban J connectivity index is 1.45. The number of thioether (sulfide) groups is 1. The van der Waals surface area contributed by atoms with E-state index in [0.717, 1.165) is 23.5 Å². The molecule has 3 rings (SSSR count). The number of carbonyl (C=O) groups excluding carboxylic acids is 2. The van der Waals surface area contributed by atoms with Gasteiger partial charge < -0.3 is 19.4 Å². The van der Waals surface area contributed by atoms with E-state index in [1.165, 1.54) is 24.3 Å². The molecule has 0 spiro atoms. The molecule has 0 aliphatic carbocycles. The molecule has 1 saturated heterocycles. The van der Waals surface area contributed by atoms with Gasteiger partial charge in [0.1, 0.15) is 12.0 Å². The van der Waals surface area contributed by atoms with Gasteiger partial charge in [-0.3, -0.25) is 9.59 Å². The van der Waals surface area contributed by atoms with Crippen LogP contribution in [0.5, 0.6) is 5.75 Å². The lowest BCUT2D eigenvalue weighted by Gasteiger charge is -2.32. The van der Waals surface area contributed by atoms with Crippen LogP contribution in [0.4, 0.5) is 0 Å². The average Bonchev–Trinajstić information content (AvgIpc) is 3.23. The van der Waals surface area contributed by atoms with E-state index in [-0.39, 0.29) is 23.1 Å². The van der Waals surface area contributed by atoms with Crippen LogP contribution in [-0.2, 0) is 4.79 Å². The summed E-state index contributed by atoms with van der Waals surface area (Å²) in [6.45, 7) is 3.17. The molecule has 1 aromatic heterocycles. The monoisotopic (exact) mass is 388 g/mol. The number of ether oxygens (including phenoxy) is 1. The molecule has 0 bridgehead atoms. The van der Waals surface area contributed by atoms with Crippen LogP contribution in [0.15, 0.2) is 52.2 Å². The second-order valence-corrected chi connectivity index (χ2v) is 7.94. The van der Waals surface area contributed by atoms with Crippen molar-refractivity contribution in [2.75, 3.05) is 20.2 Å². The summed E-state index contributed by atoms with van der Waals surface area (Å²) in [6.07, 6.45) is 4.49. The number of methoxy groups -OCH3 is 1. The van der Waals surface area contributed by atoms with E-state index in [2.05, 4.69) is 5.32 Å². The number of nitrogens with zero attached hydrogens (tertiary/aromatic N) is 1. The second kappa shape index (κ2) is 8.99. The molecule has 1 aromatic carbocycles. The Hall–Kier alpha value is -2.41. The van der Waals surface area contributed by atoms with Gasteiger partial charge in [-0.2, -0.15) is 0 Å². The number of benzene rings is 1. The van der Waals surface area contributed by atoms with Crippen LogP contribution in [0, 0.1) is 0 Å². The van der Waals surface area contributed by atoms with Gasteiger partial charge in [-0.1, -0.05) is 0 Å². The predicted octanol–water partition coefficient (Wildman–Crippen LogP) is 3.19. The molecule has 2 aromatic rings. The molecule has 144 valence electrons. The third kappa shape index (κ3) is 5.07. The van der Waals surface area contributed by atoms with Gasteiger partial charge in [0.2, 0.25) is 5.91 Å². The summed E-state index contributed by atoms with van der Waals surface area (Å²) in [5, 5.41) is 2.92. The van der Waals surface area contributed by atoms with Gasteiger partial charge >= 0.3 is 0 Å². The number of nitrogens with one attached hydrogen (secondary N) is 1. The molecule has 7 heteroatoms. The highest BCUT2D eigenvalue weighted by atomic mass is 32.2. The largest absolute Gasteiger partial charge is 0.497 e. The molecule has 0 radical (unpaired) electrons. The fraction of sp³-hybridized carbons (Fsp3) is 0.400. The van der Waals surface area contributed by atoms with Crippen LogP contribution >= 0.6 is 11.8 Å². The van der Waals surface area contributed by atoms with Crippen molar-refractivity contribution in [3.8, 4) is 5.75 Å². The van der Waals surface area contributed by atoms with E-state index < -0.39 is 0 Å². The third-order valence-electron chi connectivity index (χ3n) is 4.64. The van der Waals surface area contributed by atoms with Gasteiger partial charge in [-0.25, -0.2) is 0 Å². The Kier molecular flexibility index (Phi) is 6.45. The number of likely N-dealkylation sites (tertiary alicyclic amines) is 1. The summed E-state index contributed by atoms with van der Waals surface area (Å²) in [7, 11) is 1.63. The summed E-state index contributed by atoms with van der Waals surface area (Å²) in [5.41, 5.74) is 0.571. The van der Waals surface area contributed by atoms with Crippen LogP contribution in [0.2, 0.25) is 0 Å². The lowest BCUT2D eigenvalue weighted by molar-refractivity contribution is -0.121. The van der Waals surface area contributed by atoms with Gasteiger partial charge in [0.25, 0.3) is 5.91 Å². The van der Waals surface area contributed by atoms with Crippen LogP contribution in [0.1, 0.15) is 30.1 Å². The molecule has 1 aliphatic heterocycles. The molecule has 2 amide bonds. The first-order chi connectivity index (χ1) is 13.1. The molecule has 1 fully saturated rings. The zero-order valence-electron chi connectivity index (χ0n) is 15.5. The number of rotatable bonds is 6. The van der Waals surface area contributed by atoms with Crippen LogP contribution in [0.25, 0.3) is 0 Å². The molecule has 1 N–H and O–H groups in total. The van der Waals surface area contributed by atoms with E-state index in [1.54, 1.807) is 13.2 Å². The number of hydrogen-bond donors (Lipinski definition) is 1. The zero-order valence-corrected chi connectivity index (χ0v) is 16.3. The summed E-state index contributed by atoms with van der Waals surface area (Å²) in [4.78, 5) is 27.6. The number of piperidine rings is 1. The van der Waals surface area contributed by atoms with Gasteiger partial charge in [0.05, 0.1) is 24.2 Å². The van der Waals surface area contributed by atoms with Gasteiger partial charge in [0.15, 0.2) is 0 Å². The molecule has 0 unspecified atom stereocenters. The van der Waals surface area contributed by atoms with Crippen LogP contribution in [0.3, 0.4) is 0 Å². The normalized spacial score (nSPS) is 16.0. The lowest BCUT2D eigenvalue weighted by Crippen LogP contribution is -2.48. The first kappa shape index (κ1) is 19.4.